The van der Waals surface area contributed by atoms with Crippen LogP contribution in [0.1, 0.15) is 5.82 Å². The third-order valence-electron chi connectivity index (χ3n) is 1.06. The van der Waals surface area contributed by atoms with E-state index in [4.69, 9.17) is 10.5 Å². The van der Waals surface area contributed by atoms with Gasteiger partial charge in [0.05, 0.1) is 6.07 Å². The maximum Gasteiger partial charge on any atom is 0.213 e. The predicted octanol–water partition coefficient (Wildman–Crippen LogP) is 0.278. The van der Waals surface area contributed by atoms with Crippen molar-refractivity contribution in [3.05, 3.63) is 18.2 Å². The Hall–Kier alpha value is -1.81. The quantitative estimate of drug-likeness (QED) is 0.551. The minimum absolute atomic E-state index is 0.183. The van der Waals surface area contributed by atoms with Crippen molar-refractivity contribution < 1.29 is 0 Å². The summed E-state index contributed by atoms with van der Waals surface area (Å²) in [4.78, 5) is 3.70. The molecule has 48 valence electrons. The molecule has 0 saturated heterocycles. The van der Waals surface area contributed by atoms with Gasteiger partial charge < -0.3 is 4.57 Å². The monoisotopic (exact) mass is 132 g/mol. The molecule has 0 aliphatic heterocycles. The lowest BCUT2D eigenvalue weighted by atomic mass is 10.6. The van der Waals surface area contributed by atoms with Gasteiger partial charge in [0.2, 0.25) is 5.82 Å². The largest absolute Gasteiger partial charge is 0.309 e. The highest BCUT2D eigenvalue weighted by Crippen LogP contribution is 1.92. The van der Waals surface area contributed by atoms with Crippen LogP contribution in [0, 0.1) is 22.7 Å². The molecule has 0 fully saturated rings. The van der Waals surface area contributed by atoms with Crippen LogP contribution in [-0.2, 0) is 6.54 Å². The number of rotatable bonds is 1. The summed E-state index contributed by atoms with van der Waals surface area (Å²) < 4.78 is 1.49. The molecule has 0 aromatic carbocycles. The fourth-order valence-corrected chi connectivity index (χ4v) is 0.626. The molecule has 0 saturated carbocycles. The van der Waals surface area contributed by atoms with Gasteiger partial charge in [-0.2, -0.15) is 10.5 Å². The molecule has 4 nitrogen and oxygen atoms in total. The van der Waals surface area contributed by atoms with E-state index in [-0.39, 0.29) is 12.4 Å². The summed E-state index contributed by atoms with van der Waals surface area (Å²) in [6, 6.07) is 3.78. The Morgan fingerprint density at radius 3 is 3.00 bits per heavy atom. The maximum absolute atomic E-state index is 8.39. The van der Waals surface area contributed by atoms with E-state index in [0.717, 1.165) is 0 Å². The van der Waals surface area contributed by atoms with E-state index in [1.807, 2.05) is 12.1 Å². The normalized spacial score (nSPS) is 8.20. The molecular formula is C6H4N4. The van der Waals surface area contributed by atoms with E-state index >= 15 is 0 Å². The summed E-state index contributed by atoms with van der Waals surface area (Å²) in [5, 5.41) is 16.6. The Morgan fingerprint density at radius 1 is 1.60 bits per heavy atom. The van der Waals surface area contributed by atoms with E-state index in [1.54, 1.807) is 6.20 Å². The lowest BCUT2D eigenvalue weighted by Gasteiger charge is -1.91. The lowest BCUT2D eigenvalue weighted by Crippen LogP contribution is -1.96. The maximum atomic E-state index is 8.39. The van der Waals surface area contributed by atoms with Crippen LogP contribution in [0.2, 0.25) is 0 Å². The first kappa shape index (κ1) is 6.31. The molecule has 0 aliphatic carbocycles. The zero-order valence-corrected chi connectivity index (χ0v) is 5.15. The Bertz CT molecular complexity index is 298. The SMILES string of the molecule is N#CCn1ccnc1C#N. The molecule has 1 aromatic heterocycles. The van der Waals surface area contributed by atoms with Crippen LogP contribution in [0.4, 0.5) is 0 Å². The van der Waals surface area contributed by atoms with Gasteiger partial charge in [0.1, 0.15) is 12.6 Å². The third kappa shape index (κ3) is 0.958. The Kier molecular flexibility index (Phi) is 1.67. The van der Waals surface area contributed by atoms with Crippen LogP contribution >= 0.6 is 0 Å². The van der Waals surface area contributed by atoms with Crippen LogP contribution in [-0.4, -0.2) is 9.55 Å². The molecule has 0 bridgehead atoms. The number of hydrogen-bond acceptors (Lipinski definition) is 3. The van der Waals surface area contributed by atoms with Crippen LogP contribution in [0.5, 0.6) is 0 Å². The van der Waals surface area contributed by atoms with Crippen LogP contribution in [0.15, 0.2) is 12.4 Å². The molecule has 0 radical (unpaired) electrons. The van der Waals surface area contributed by atoms with E-state index in [2.05, 4.69) is 4.98 Å². The van der Waals surface area contributed by atoms with Crippen molar-refractivity contribution in [3.63, 3.8) is 0 Å². The number of hydrogen-bond donors (Lipinski definition) is 0. The Labute approximate surface area is 58.0 Å². The van der Waals surface area contributed by atoms with Crippen molar-refractivity contribution in [3.8, 4) is 12.1 Å². The number of nitriles is 2. The molecule has 1 heterocycles. The highest BCUT2D eigenvalue weighted by atomic mass is 15.0. The smallest absolute Gasteiger partial charge is 0.213 e. The topological polar surface area (TPSA) is 65.4 Å². The Balaban J connectivity index is 2.96. The van der Waals surface area contributed by atoms with E-state index in [1.165, 1.54) is 10.8 Å². The van der Waals surface area contributed by atoms with E-state index in [0.29, 0.717) is 0 Å². The standard InChI is InChI=1S/C6H4N4/c7-1-3-10-4-2-9-6(10)5-8/h2,4H,3H2. The first-order valence-corrected chi connectivity index (χ1v) is 2.66. The Morgan fingerprint density at radius 2 is 2.40 bits per heavy atom. The summed E-state index contributed by atoms with van der Waals surface area (Å²) in [7, 11) is 0. The molecule has 0 atom stereocenters. The van der Waals surface area contributed by atoms with Gasteiger partial charge in [0.15, 0.2) is 0 Å². The van der Waals surface area contributed by atoms with Gasteiger partial charge in [0, 0.05) is 12.4 Å². The number of nitrogens with zero attached hydrogens (tertiary/aromatic N) is 4. The molecule has 0 spiro atoms. The second kappa shape index (κ2) is 2.65. The first-order valence-electron chi connectivity index (χ1n) is 2.66. The average molecular weight is 132 g/mol. The van der Waals surface area contributed by atoms with Crippen molar-refractivity contribution >= 4 is 0 Å². The molecule has 10 heavy (non-hydrogen) atoms. The van der Waals surface area contributed by atoms with Crippen LogP contribution < -0.4 is 0 Å². The van der Waals surface area contributed by atoms with Gasteiger partial charge >= 0.3 is 0 Å². The molecule has 1 rings (SSSR count). The fourth-order valence-electron chi connectivity index (χ4n) is 0.626. The second-order valence-electron chi connectivity index (χ2n) is 1.65. The molecule has 1 aromatic rings. The van der Waals surface area contributed by atoms with Crippen LogP contribution in [0.25, 0.3) is 0 Å². The summed E-state index contributed by atoms with van der Waals surface area (Å²) in [5.41, 5.74) is 0. The summed E-state index contributed by atoms with van der Waals surface area (Å²) in [5.74, 6) is 0.279. The van der Waals surface area contributed by atoms with Crippen molar-refractivity contribution in [1.29, 1.82) is 10.5 Å². The number of aromatic nitrogens is 2. The zero-order valence-electron chi connectivity index (χ0n) is 5.15. The van der Waals surface area contributed by atoms with Gasteiger partial charge in [0.25, 0.3) is 0 Å². The summed E-state index contributed by atoms with van der Waals surface area (Å²) in [6.07, 6.45) is 3.09. The third-order valence-corrected chi connectivity index (χ3v) is 1.06. The lowest BCUT2D eigenvalue weighted by molar-refractivity contribution is 0.813. The van der Waals surface area contributed by atoms with Gasteiger partial charge in [-0.15, -0.1) is 0 Å². The van der Waals surface area contributed by atoms with E-state index < -0.39 is 0 Å². The highest BCUT2D eigenvalue weighted by Gasteiger charge is 1.97. The minimum atomic E-state index is 0.183. The van der Waals surface area contributed by atoms with E-state index in [9.17, 15) is 0 Å². The predicted molar refractivity (Wildman–Crippen MR) is 32.6 cm³/mol. The van der Waals surface area contributed by atoms with Crippen LogP contribution in [0.3, 0.4) is 0 Å². The first-order chi connectivity index (χ1) is 4.88. The minimum Gasteiger partial charge on any atom is -0.309 e. The molecule has 0 N–H and O–H groups in total. The van der Waals surface area contributed by atoms with Crippen molar-refractivity contribution in [2.75, 3.05) is 0 Å². The van der Waals surface area contributed by atoms with Gasteiger partial charge in [-0.3, -0.25) is 0 Å². The molecule has 0 unspecified atom stereocenters. The summed E-state index contributed by atoms with van der Waals surface area (Å²) in [6.45, 7) is 0.183. The van der Waals surface area contributed by atoms with Crippen molar-refractivity contribution in [2.45, 2.75) is 6.54 Å². The van der Waals surface area contributed by atoms with Crippen molar-refractivity contribution in [1.82, 2.24) is 9.55 Å². The average Bonchev–Trinajstić information content (AvgIpc) is 2.36. The van der Waals surface area contributed by atoms with Crippen molar-refractivity contribution in [2.24, 2.45) is 0 Å². The fraction of sp³-hybridized carbons (Fsp3) is 0.167. The molecule has 0 amide bonds. The highest BCUT2D eigenvalue weighted by molar-refractivity contribution is 5.11. The number of imidazole rings is 1. The zero-order chi connectivity index (χ0) is 7.40. The van der Waals surface area contributed by atoms with Gasteiger partial charge in [-0.25, -0.2) is 4.98 Å². The van der Waals surface area contributed by atoms with Gasteiger partial charge in [-0.1, -0.05) is 0 Å². The molecule has 0 aliphatic rings. The molecular weight excluding hydrogens is 128 g/mol. The summed E-state index contributed by atoms with van der Waals surface area (Å²) >= 11 is 0. The second-order valence-corrected chi connectivity index (χ2v) is 1.65. The van der Waals surface area contributed by atoms with Gasteiger partial charge in [-0.05, 0) is 0 Å². The molecule has 4 heteroatoms.